The van der Waals surface area contributed by atoms with Crippen LogP contribution in [0.3, 0.4) is 0 Å². The molecule has 0 radical (unpaired) electrons. The molecule has 19 heteroatoms. The summed E-state index contributed by atoms with van der Waals surface area (Å²) >= 11 is 2.72. The van der Waals surface area contributed by atoms with Crippen LogP contribution in [0.2, 0.25) is 13.1 Å². The van der Waals surface area contributed by atoms with Crippen molar-refractivity contribution in [1.82, 2.24) is 14.7 Å². The average molecular weight is 816 g/mol. The van der Waals surface area contributed by atoms with Crippen molar-refractivity contribution in [2.45, 2.75) is 75.6 Å². The minimum Gasteiger partial charge on any atom is -0.456 e. The number of carbonyl (C=O) groups excluding carboxylic acids is 4. The molecule has 0 saturated carbocycles. The number of thioether (sulfide) groups is 2. The van der Waals surface area contributed by atoms with Gasteiger partial charge in [-0.05, 0) is 67.2 Å². The lowest BCUT2D eigenvalue weighted by molar-refractivity contribution is -0.385. The van der Waals surface area contributed by atoms with Crippen molar-refractivity contribution in [1.29, 1.82) is 0 Å². The number of nitrogens with zero attached hydrogens (tertiary/aromatic N) is 5. The summed E-state index contributed by atoms with van der Waals surface area (Å²) in [4.78, 5) is 80.0. The number of ether oxygens (including phenoxy) is 2. The summed E-state index contributed by atoms with van der Waals surface area (Å²) in [5.74, 6) is -1.63. The van der Waals surface area contributed by atoms with Gasteiger partial charge in [-0.2, -0.15) is 0 Å². The molecule has 0 aliphatic carbocycles. The summed E-state index contributed by atoms with van der Waals surface area (Å²) in [6.45, 7) is 6.48. The Morgan fingerprint density at radius 2 is 1.56 bits per heavy atom. The maximum Gasteiger partial charge on any atom is 0.410 e. The molecule has 2 saturated heterocycles. The normalized spacial score (nSPS) is 20.9. The van der Waals surface area contributed by atoms with Gasteiger partial charge in [0, 0.05) is 56.8 Å². The van der Waals surface area contributed by atoms with Gasteiger partial charge >= 0.3 is 12.1 Å². The fourth-order valence-corrected chi connectivity index (χ4v) is 10.6. The number of nitro benzene ring substituents is 2. The molecule has 2 aromatic rings. The standard InChI is InChI=1S/C36H45N5O11S2Si/c1-6-7-8-24(21-52-55(4)5)29-32(43)39-30(34(44)50-19-22-9-13-25(14-10-22)40(46)47)35(54-33(29)39)53-27-17-28(31(42)37(2)3)38(18-27)36(45)51-20-23-11-15-26(16-12-23)41(48)49/h9-16,24,27-29,33,55H,6-8,17-21H2,1-5H3/t24-,27-,28-,29-,33+/m0/s1. The molecule has 2 fully saturated rings. The Balaban J connectivity index is 1.37. The van der Waals surface area contributed by atoms with E-state index < -0.39 is 37.0 Å². The lowest BCUT2D eigenvalue weighted by Gasteiger charge is -2.46. The number of β-lactam (4-membered cyclic amide) rings is 1. The minimum absolute atomic E-state index is 0.0348. The van der Waals surface area contributed by atoms with E-state index in [1.54, 1.807) is 14.1 Å². The molecule has 2 aromatic carbocycles. The monoisotopic (exact) mass is 815 g/mol. The van der Waals surface area contributed by atoms with Gasteiger partial charge in [0.2, 0.25) is 11.8 Å². The molecule has 55 heavy (non-hydrogen) atoms. The number of likely N-dealkylation sites (N-methyl/N-ethyl adjacent to an activating group) is 1. The van der Waals surface area contributed by atoms with Crippen LogP contribution in [0.15, 0.2) is 58.5 Å². The van der Waals surface area contributed by atoms with Gasteiger partial charge in [-0.25, -0.2) is 9.59 Å². The van der Waals surface area contributed by atoms with Gasteiger partial charge in [0.25, 0.3) is 11.4 Å². The Bertz CT molecular complexity index is 1810. The lowest BCUT2D eigenvalue weighted by atomic mass is 9.81. The molecule has 3 heterocycles. The number of amides is 3. The van der Waals surface area contributed by atoms with Crippen LogP contribution in [-0.2, 0) is 41.5 Å². The van der Waals surface area contributed by atoms with Crippen molar-refractivity contribution in [2.24, 2.45) is 11.8 Å². The topological polar surface area (TPSA) is 192 Å². The minimum atomic E-state index is -1.37. The lowest BCUT2D eigenvalue weighted by Crippen LogP contribution is -2.60. The Kier molecular flexibility index (Phi) is 14.0. The molecule has 0 N–H and O–H groups in total. The molecule has 5 rings (SSSR count). The van der Waals surface area contributed by atoms with Crippen molar-refractivity contribution < 1.29 is 42.9 Å². The average Bonchev–Trinajstić information content (AvgIpc) is 3.73. The van der Waals surface area contributed by atoms with Crippen molar-refractivity contribution in [3.05, 3.63) is 89.8 Å². The predicted octanol–water partition coefficient (Wildman–Crippen LogP) is 5.65. The summed E-state index contributed by atoms with van der Waals surface area (Å²) in [6, 6.07) is 10.4. The highest BCUT2D eigenvalue weighted by atomic mass is 32.2. The largest absolute Gasteiger partial charge is 0.456 e. The van der Waals surface area contributed by atoms with Crippen molar-refractivity contribution in [3.63, 3.8) is 0 Å². The zero-order valence-electron chi connectivity index (χ0n) is 31.3. The second kappa shape index (κ2) is 18.4. The van der Waals surface area contributed by atoms with E-state index in [9.17, 15) is 39.4 Å². The molecular formula is C36H45N5O11S2Si. The first-order valence-corrected chi connectivity index (χ1v) is 22.5. The smallest absolute Gasteiger partial charge is 0.410 e. The number of fused-ring (bicyclic) bond motifs is 1. The maximum absolute atomic E-state index is 14.0. The number of hydrogen-bond donors (Lipinski definition) is 0. The molecule has 296 valence electrons. The molecule has 5 atom stereocenters. The van der Waals surface area contributed by atoms with E-state index in [1.807, 2.05) is 0 Å². The van der Waals surface area contributed by atoms with Gasteiger partial charge in [-0.15, -0.1) is 11.8 Å². The molecule has 3 amide bonds. The molecule has 0 aromatic heterocycles. The number of likely N-dealkylation sites (tertiary alicyclic amines) is 1. The zero-order chi connectivity index (χ0) is 40.0. The summed E-state index contributed by atoms with van der Waals surface area (Å²) in [7, 11) is 1.81. The first-order chi connectivity index (χ1) is 26.2. The molecule has 0 bridgehead atoms. The summed E-state index contributed by atoms with van der Waals surface area (Å²) in [5.41, 5.74) is 0.969. The van der Waals surface area contributed by atoms with Crippen LogP contribution in [-0.4, -0.2) is 101 Å². The van der Waals surface area contributed by atoms with E-state index in [-0.39, 0.29) is 77.5 Å². The van der Waals surface area contributed by atoms with E-state index in [0.29, 0.717) is 22.0 Å². The second-order valence-corrected chi connectivity index (χ2v) is 19.1. The van der Waals surface area contributed by atoms with Crippen molar-refractivity contribution in [3.8, 4) is 0 Å². The number of nitro groups is 2. The van der Waals surface area contributed by atoms with E-state index >= 15 is 0 Å². The van der Waals surface area contributed by atoms with E-state index in [2.05, 4.69) is 20.0 Å². The number of benzene rings is 2. The quantitative estimate of drug-likeness (QED) is 0.0626. The molecule has 3 aliphatic rings. The molecule has 0 spiro atoms. The molecule has 3 aliphatic heterocycles. The highest BCUT2D eigenvalue weighted by molar-refractivity contribution is 8.23. The third kappa shape index (κ3) is 9.86. The third-order valence-corrected chi connectivity index (χ3v) is 13.2. The fourth-order valence-electron chi connectivity index (χ4n) is 6.60. The molecular weight excluding hydrogens is 771 g/mol. The van der Waals surface area contributed by atoms with Crippen LogP contribution in [0, 0.1) is 32.1 Å². The summed E-state index contributed by atoms with van der Waals surface area (Å²) < 4.78 is 17.9. The van der Waals surface area contributed by atoms with E-state index in [1.165, 1.54) is 86.8 Å². The Morgan fingerprint density at radius 1 is 0.982 bits per heavy atom. The van der Waals surface area contributed by atoms with Gasteiger partial charge in [0.05, 0.1) is 20.0 Å². The van der Waals surface area contributed by atoms with Crippen molar-refractivity contribution in [2.75, 3.05) is 27.2 Å². The second-order valence-electron chi connectivity index (χ2n) is 14.0. The van der Waals surface area contributed by atoms with Crippen LogP contribution < -0.4 is 0 Å². The SMILES string of the molecule is CCCC[C@@H](CO[SiH](C)C)[C@H]1C(=O)N2C(C(=O)OCc3ccc([N+](=O)[O-])cc3)=C(S[C@H]3C[C@@H](C(=O)N(C)C)N(C(=O)OCc4ccc([N+](=O)[O-])cc4)C3)S[C@H]12. The Labute approximate surface area is 328 Å². The Morgan fingerprint density at radius 3 is 2.09 bits per heavy atom. The third-order valence-electron chi connectivity index (χ3n) is 9.54. The number of hydrogen-bond acceptors (Lipinski definition) is 13. The zero-order valence-corrected chi connectivity index (χ0v) is 34.1. The number of carbonyl (C=O) groups is 4. The number of esters is 1. The number of rotatable bonds is 17. The van der Waals surface area contributed by atoms with E-state index in [4.69, 9.17) is 13.9 Å². The van der Waals surface area contributed by atoms with Gasteiger partial charge in [-0.3, -0.25) is 39.6 Å². The molecule has 0 unspecified atom stereocenters. The maximum atomic E-state index is 14.0. The number of unbranched alkanes of at least 4 members (excludes halogenated alkanes) is 1. The Hall–Kier alpha value is -4.46. The van der Waals surface area contributed by atoms with Gasteiger partial charge in [0.1, 0.15) is 24.6 Å². The van der Waals surface area contributed by atoms with Crippen LogP contribution in [0.5, 0.6) is 0 Å². The van der Waals surface area contributed by atoms with Crippen LogP contribution >= 0.6 is 23.5 Å². The van der Waals surface area contributed by atoms with Crippen molar-refractivity contribution >= 4 is 67.8 Å². The van der Waals surface area contributed by atoms with Gasteiger partial charge in [-0.1, -0.05) is 31.5 Å². The van der Waals surface area contributed by atoms with Crippen LogP contribution in [0.1, 0.15) is 43.7 Å². The van der Waals surface area contributed by atoms with Gasteiger partial charge in [0.15, 0.2) is 14.7 Å². The summed E-state index contributed by atoms with van der Waals surface area (Å²) in [6.07, 6.45) is 2.20. The first kappa shape index (κ1) is 41.7. The highest BCUT2D eigenvalue weighted by Crippen LogP contribution is 2.57. The highest BCUT2D eigenvalue weighted by Gasteiger charge is 2.59. The predicted molar refractivity (Wildman–Crippen MR) is 208 cm³/mol. The summed E-state index contributed by atoms with van der Waals surface area (Å²) in [5, 5.41) is 21.4. The van der Waals surface area contributed by atoms with Crippen LogP contribution in [0.25, 0.3) is 0 Å². The van der Waals surface area contributed by atoms with Gasteiger partial charge < -0.3 is 18.8 Å². The van der Waals surface area contributed by atoms with Crippen LogP contribution in [0.4, 0.5) is 16.2 Å². The van der Waals surface area contributed by atoms with E-state index in [0.717, 1.165) is 19.3 Å². The first-order valence-electron chi connectivity index (χ1n) is 18.0. The number of non-ortho nitro benzene ring substituents is 2. The fraction of sp³-hybridized carbons (Fsp3) is 0.500. The molecule has 16 nitrogen and oxygen atoms in total.